The van der Waals surface area contributed by atoms with Gasteiger partial charge in [0.05, 0.1) is 5.69 Å². The monoisotopic (exact) mass is 277 g/mol. The molecular formula is C14H23N5O. The molecule has 0 radical (unpaired) electrons. The van der Waals surface area contributed by atoms with E-state index < -0.39 is 0 Å². The van der Waals surface area contributed by atoms with E-state index >= 15 is 0 Å². The number of hydrogen-bond donors (Lipinski definition) is 1. The largest absolute Gasteiger partial charge is 0.339 e. The smallest absolute Gasteiger partial charge is 0.244 e. The molecule has 2 fully saturated rings. The van der Waals surface area contributed by atoms with E-state index in [1.54, 1.807) is 4.68 Å². The second-order valence-corrected chi connectivity index (χ2v) is 5.81. The molecule has 0 saturated carbocycles. The Kier molecular flexibility index (Phi) is 3.76. The van der Waals surface area contributed by atoms with Gasteiger partial charge in [-0.1, -0.05) is 0 Å². The van der Waals surface area contributed by atoms with E-state index in [1.165, 1.54) is 0 Å². The number of carbonyl (C=O) groups is 1. The van der Waals surface area contributed by atoms with Gasteiger partial charge < -0.3 is 10.2 Å². The van der Waals surface area contributed by atoms with Crippen LogP contribution < -0.4 is 5.32 Å². The highest BCUT2D eigenvalue weighted by molar-refractivity contribution is 5.76. The summed E-state index contributed by atoms with van der Waals surface area (Å²) in [7, 11) is 0. The van der Waals surface area contributed by atoms with Crippen molar-refractivity contribution in [1.82, 2.24) is 24.9 Å². The molecule has 0 aliphatic carbocycles. The molecule has 0 aromatic carbocycles. The number of amides is 1. The molecule has 20 heavy (non-hydrogen) atoms. The van der Waals surface area contributed by atoms with Crippen molar-refractivity contribution < 1.29 is 4.79 Å². The number of aryl methyl sites for hydroxylation is 2. The highest BCUT2D eigenvalue weighted by atomic mass is 16.2. The molecule has 1 aromatic heterocycles. The summed E-state index contributed by atoms with van der Waals surface area (Å²) in [4.78, 5) is 16.8. The summed E-state index contributed by atoms with van der Waals surface area (Å²) in [5, 5.41) is 7.66. The standard InChI is InChI=1S/C14H23N5O/c1-11-7-12(2)19(16-11)10-14(20)18-5-3-17(4-6-18)13-8-15-9-13/h7,13,15H,3-6,8-10H2,1-2H3. The van der Waals surface area contributed by atoms with E-state index in [0.717, 1.165) is 50.7 Å². The number of hydrogen-bond acceptors (Lipinski definition) is 4. The van der Waals surface area contributed by atoms with Crippen LogP contribution in [0.1, 0.15) is 11.4 Å². The number of carbonyl (C=O) groups excluding carboxylic acids is 1. The molecular weight excluding hydrogens is 254 g/mol. The maximum Gasteiger partial charge on any atom is 0.244 e. The molecule has 1 N–H and O–H groups in total. The average molecular weight is 277 g/mol. The Labute approximate surface area is 119 Å². The van der Waals surface area contributed by atoms with Gasteiger partial charge in [0.1, 0.15) is 6.54 Å². The number of nitrogens with one attached hydrogen (secondary N) is 1. The molecule has 1 aromatic rings. The number of rotatable bonds is 3. The topological polar surface area (TPSA) is 53.4 Å². The van der Waals surface area contributed by atoms with Gasteiger partial charge in [0.25, 0.3) is 0 Å². The van der Waals surface area contributed by atoms with Crippen LogP contribution in [0.25, 0.3) is 0 Å². The Morgan fingerprint density at radius 1 is 1.30 bits per heavy atom. The van der Waals surface area contributed by atoms with Crippen molar-refractivity contribution in [3.05, 3.63) is 17.5 Å². The van der Waals surface area contributed by atoms with E-state index in [0.29, 0.717) is 12.6 Å². The maximum absolute atomic E-state index is 12.3. The normalized spacial score (nSPS) is 21.0. The van der Waals surface area contributed by atoms with Crippen LogP contribution in [0.2, 0.25) is 0 Å². The van der Waals surface area contributed by atoms with Gasteiger partial charge in [-0.05, 0) is 19.9 Å². The van der Waals surface area contributed by atoms with E-state index in [2.05, 4.69) is 15.3 Å². The van der Waals surface area contributed by atoms with Crippen LogP contribution >= 0.6 is 0 Å². The second-order valence-electron chi connectivity index (χ2n) is 5.81. The van der Waals surface area contributed by atoms with E-state index in [-0.39, 0.29) is 5.91 Å². The molecule has 6 heteroatoms. The van der Waals surface area contributed by atoms with Crippen LogP contribution in [-0.4, -0.2) is 70.8 Å². The minimum atomic E-state index is 0.183. The van der Waals surface area contributed by atoms with Gasteiger partial charge in [0.2, 0.25) is 5.91 Å². The molecule has 1 amide bonds. The molecule has 2 aliphatic heterocycles. The molecule has 0 unspecified atom stereocenters. The summed E-state index contributed by atoms with van der Waals surface area (Å²) in [5.41, 5.74) is 2.02. The average Bonchev–Trinajstić information content (AvgIpc) is 2.66. The first-order valence-electron chi connectivity index (χ1n) is 7.37. The minimum Gasteiger partial charge on any atom is -0.339 e. The molecule has 2 saturated heterocycles. The number of nitrogens with zero attached hydrogens (tertiary/aromatic N) is 4. The fourth-order valence-electron chi connectivity index (χ4n) is 2.93. The first kappa shape index (κ1) is 13.6. The third-order valence-corrected chi connectivity index (χ3v) is 4.33. The lowest BCUT2D eigenvalue weighted by Gasteiger charge is -2.43. The zero-order valence-corrected chi connectivity index (χ0v) is 12.3. The summed E-state index contributed by atoms with van der Waals surface area (Å²) in [6, 6.07) is 2.69. The van der Waals surface area contributed by atoms with Crippen LogP contribution in [-0.2, 0) is 11.3 Å². The van der Waals surface area contributed by atoms with Crippen molar-refractivity contribution in [2.75, 3.05) is 39.3 Å². The van der Waals surface area contributed by atoms with Crippen molar-refractivity contribution in [3.63, 3.8) is 0 Å². The van der Waals surface area contributed by atoms with Gasteiger partial charge in [-0.3, -0.25) is 14.4 Å². The van der Waals surface area contributed by atoms with Crippen LogP contribution in [0.4, 0.5) is 0 Å². The summed E-state index contributed by atoms with van der Waals surface area (Å²) in [6.07, 6.45) is 0. The Morgan fingerprint density at radius 3 is 2.50 bits per heavy atom. The maximum atomic E-state index is 12.3. The lowest BCUT2D eigenvalue weighted by atomic mass is 10.1. The molecule has 0 atom stereocenters. The van der Waals surface area contributed by atoms with Gasteiger partial charge in [-0.2, -0.15) is 5.10 Å². The summed E-state index contributed by atoms with van der Waals surface area (Å²) in [6.45, 7) is 10.2. The molecule has 6 nitrogen and oxygen atoms in total. The second kappa shape index (κ2) is 5.54. The number of piperazine rings is 1. The van der Waals surface area contributed by atoms with Gasteiger partial charge in [0, 0.05) is 51.0 Å². The zero-order chi connectivity index (χ0) is 14.1. The van der Waals surface area contributed by atoms with Crippen molar-refractivity contribution in [1.29, 1.82) is 0 Å². The number of aromatic nitrogens is 2. The van der Waals surface area contributed by atoms with Crippen LogP contribution in [0.5, 0.6) is 0 Å². The lowest BCUT2D eigenvalue weighted by molar-refractivity contribution is -0.134. The van der Waals surface area contributed by atoms with Gasteiger partial charge >= 0.3 is 0 Å². The Bertz CT molecular complexity index is 486. The van der Waals surface area contributed by atoms with Crippen LogP contribution in [0, 0.1) is 13.8 Å². The van der Waals surface area contributed by atoms with Crippen LogP contribution in [0.3, 0.4) is 0 Å². The molecule has 3 rings (SSSR count). The van der Waals surface area contributed by atoms with Crippen molar-refractivity contribution in [3.8, 4) is 0 Å². The first-order chi connectivity index (χ1) is 9.63. The van der Waals surface area contributed by atoms with E-state index in [9.17, 15) is 4.79 Å². The Hall–Kier alpha value is -1.40. The van der Waals surface area contributed by atoms with Gasteiger partial charge in [0.15, 0.2) is 0 Å². The zero-order valence-electron chi connectivity index (χ0n) is 12.3. The van der Waals surface area contributed by atoms with E-state index in [1.807, 2.05) is 24.8 Å². The summed E-state index contributed by atoms with van der Waals surface area (Å²) in [5.74, 6) is 0.183. The van der Waals surface area contributed by atoms with Crippen molar-refractivity contribution >= 4 is 5.91 Å². The molecule has 3 heterocycles. The van der Waals surface area contributed by atoms with Crippen molar-refractivity contribution in [2.45, 2.75) is 26.4 Å². The molecule has 2 aliphatic rings. The highest BCUT2D eigenvalue weighted by Crippen LogP contribution is 2.10. The predicted octanol–water partition coefficient (Wildman–Crippen LogP) is -0.384. The fraction of sp³-hybridized carbons (Fsp3) is 0.714. The summed E-state index contributed by atoms with van der Waals surface area (Å²) < 4.78 is 1.81. The van der Waals surface area contributed by atoms with Crippen molar-refractivity contribution in [2.24, 2.45) is 0 Å². The Morgan fingerprint density at radius 2 is 2.00 bits per heavy atom. The van der Waals surface area contributed by atoms with Gasteiger partial charge in [-0.15, -0.1) is 0 Å². The van der Waals surface area contributed by atoms with Crippen LogP contribution in [0.15, 0.2) is 6.07 Å². The molecule has 110 valence electrons. The third-order valence-electron chi connectivity index (χ3n) is 4.33. The van der Waals surface area contributed by atoms with Gasteiger partial charge in [-0.25, -0.2) is 0 Å². The quantitative estimate of drug-likeness (QED) is 0.818. The lowest BCUT2D eigenvalue weighted by Crippen LogP contribution is -2.62. The SMILES string of the molecule is Cc1cc(C)n(CC(=O)N2CCN(C3CNC3)CC2)n1. The highest BCUT2D eigenvalue weighted by Gasteiger charge is 2.29. The fourth-order valence-corrected chi connectivity index (χ4v) is 2.93. The first-order valence-corrected chi connectivity index (χ1v) is 7.37. The third kappa shape index (κ3) is 2.71. The predicted molar refractivity (Wildman–Crippen MR) is 76.5 cm³/mol. The molecule has 0 bridgehead atoms. The Balaban J connectivity index is 1.52. The molecule has 0 spiro atoms. The minimum absolute atomic E-state index is 0.183. The summed E-state index contributed by atoms with van der Waals surface area (Å²) >= 11 is 0. The van der Waals surface area contributed by atoms with E-state index in [4.69, 9.17) is 0 Å².